The van der Waals surface area contributed by atoms with E-state index >= 15 is 0 Å². The minimum absolute atomic E-state index is 0.203. The Morgan fingerprint density at radius 2 is 2.11 bits per heavy atom. The van der Waals surface area contributed by atoms with E-state index < -0.39 is 12.0 Å². The number of ether oxygens (including phenoxy) is 2. The predicted octanol–water partition coefficient (Wildman–Crippen LogP) is 2.55. The van der Waals surface area contributed by atoms with E-state index in [0.717, 1.165) is 39.8 Å². The fourth-order valence-corrected chi connectivity index (χ4v) is 3.64. The number of carbonyl (C=O) groups excluding carboxylic acids is 2. The Morgan fingerprint density at radius 3 is 2.96 bits per heavy atom. The first kappa shape index (κ1) is 18.1. The lowest BCUT2D eigenvalue weighted by atomic mass is 10.0. The smallest absolute Gasteiger partial charge is 0.328 e. The normalized spacial score (nSPS) is 13.6. The van der Waals surface area contributed by atoms with Gasteiger partial charge in [-0.2, -0.15) is 0 Å². The third-order valence-electron chi connectivity index (χ3n) is 5.04. The average molecular weight is 378 g/mol. The molecule has 0 radical (unpaired) electrons. The molecule has 2 aromatic carbocycles. The number of nitrogens with one attached hydrogen (secondary N) is 2. The summed E-state index contributed by atoms with van der Waals surface area (Å²) < 4.78 is 10.4. The highest BCUT2D eigenvalue weighted by Crippen LogP contribution is 2.26. The molecule has 0 spiro atoms. The van der Waals surface area contributed by atoms with Crippen LogP contribution in [0.5, 0.6) is 5.75 Å². The highest BCUT2D eigenvalue weighted by atomic mass is 16.5. The molecule has 1 aromatic heterocycles. The van der Waals surface area contributed by atoms with Crippen LogP contribution in [0.3, 0.4) is 0 Å². The summed E-state index contributed by atoms with van der Waals surface area (Å²) in [4.78, 5) is 28.0. The number of esters is 1. The third kappa shape index (κ3) is 3.71. The lowest BCUT2D eigenvalue weighted by Gasteiger charge is -2.16. The monoisotopic (exact) mass is 378 g/mol. The number of aromatic amines is 1. The second kappa shape index (κ2) is 7.76. The Kier molecular flexibility index (Phi) is 5.02. The molecule has 0 fully saturated rings. The van der Waals surface area contributed by atoms with Crippen LogP contribution >= 0.6 is 0 Å². The molecule has 1 aliphatic heterocycles. The van der Waals surface area contributed by atoms with Gasteiger partial charge in [0.15, 0.2) is 0 Å². The number of aromatic nitrogens is 1. The molecular formula is C22H22N2O4. The summed E-state index contributed by atoms with van der Waals surface area (Å²) in [5.74, 6) is 0.214. The van der Waals surface area contributed by atoms with Crippen LogP contribution in [0.4, 0.5) is 0 Å². The van der Waals surface area contributed by atoms with Crippen LogP contribution in [0.25, 0.3) is 10.9 Å². The van der Waals surface area contributed by atoms with E-state index in [-0.39, 0.29) is 12.3 Å². The van der Waals surface area contributed by atoms with Crippen molar-refractivity contribution in [2.75, 3.05) is 13.7 Å². The highest BCUT2D eigenvalue weighted by Gasteiger charge is 2.23. The summed E-state index contributed by atoms with van der Waals surface area (Å²) in [6.07, 6.45) is 3.29. The van der Waals surface area contributed by atoms with Gasteiger partial charge in [0, 0.05) is 29.9 Å². The van der Waals surface area contributed by atoms with Gasteiger partial charge in [0.1, 0.15) is 11.8 Å². The summed E-state index contributed by atoms with van der Waals surface area (Å²) in [6, 6.07) is 12.9. The van der Waals surface area contributed by atoms with Gasteiger partial charge in [0.25, 0.3) is 0 Å². The minimum Gasteiger partial charge on any atom is -0.493 e. The average Bonchev–Trinajstić information content (AvgIpc) is 3.33. The Balaban J connectivity index is 1.47. The largest absolute Gasteiger partial charge is 0.493 e. The van der Waals surface area contributed by atoms with Gasteiger partial charge in [-0.3, -0.25) is 4.79 Å². The van der Waals surface area contributed by atoms with E-state index in [1.807, 2.05) is 48.7 Å². The maximum absolute atomic E-state index is 12.6. The molecule has 28 heavy (non-hydrogen) atoms. The molecule has 1 unspecified atom stereocenters. The van der Waals surface area contributed by atoms with Gasteiger partial charge in [0.05, 0.1) is 20.1 Å². The molecule has 1 amide bonds. The number of hydrogen-bond acceptors (Lipinski definition) is 4. The number of carbonyl (C=O) groups is 2. The Bertz CT molecular complexity index is 1020. The lowest BCUT2D eigenvalue weighted by Crippen LogP contribution is -2.43. The van der Waals surface area contributed by atoms with Crippen LogP contribution in [0.15, 0.2) is 48.7 Å². The quantitative estimate of drug-likeness (QED) is 0.646. The fraction of sp³-hybridized carbons (Fsp3) is 0.273. The number of rotatable bonds is 6. The molecule has 0 saturated carbocycles. The topological polar surface area (TPSA) is 80.4 Å². The van der Waals surface area contributed by atoms with Crippen LogP contribution in [0.1, 0.15) is 16.7 Å². The van der Waals surface area contributed by atoms with Crippen LogP contribution in [-0.4, -0.2) is 36.6 Å². The van der Waals surface area contributed by atoms with E-state index in [1.165, 1.54) is 7.11 Å². The van der Waals surface area contributed by atoms with Crippen LogP contribution in [0.2, 0.25) is 0 Å². The SMILES string of the molecule is COC(=O)C(Cc1c[nH]c2ccccc12)NC(=O)Cc1ccc2c(c1)CCO2. The molecule has 144 valence electrons. The summed E-state index contributed by atoms with van der Waals surface area (Å²) >= 11 is 0. The number of amides is 1. The van der Waals surface area contributed by atoms with Gasteiger partial charge < -0.3 is 19.8 Å². The van der Waals surface area contributed by atoms with Crippen molar-refractivity contribution in [2.45, 2.75) is 25.3 Å². The summed E-state index contributed by atoms with van der Waals surface area (Å²) in [5.41, 5.74) is 3.97. The molecule has 2 heterocycles. The number of methoxy groups -OCH3 is 1. The maximum Gasteiger partial charge on any atom is 0.328 e. The van der Waals surface area contributed by atoms with Crippen molar-refractivity contribution in [3.05, 3.63) is 65.4 Å². The predicted molar refractivity (Wildman–Crippen MR) is 105 cm³/mol. The van der Waals surface area contributed by atoms with Crippen LogP contribution in [-0.2, 0) is 33.6 Å². The van der Waals surface area contributed by atoms with Crippen molar-refractivity contribution >= 4 is 22.8 Å². The van der Waals surface area contributed by atoms with E-state index in [1.54, 1.807) is 0 Å². The molecule has 0 aliphatic carbocycles. The first-order valence-corrected chi connectivity index (χ1v) is 9.31. The molecule has 4 rings (SSSR count). The lowest BCUT2D eigenvalue weighted by molar-refractivity contribution is -0.145. The van der Waals surface area contributed by atoms with Crippen molar-refractivity contribution in [1.29, 1.82) is 0 Å². The zero-order valence-electron chi connectivity index (χ0n) is 15.7. The van der Waals surface area contributed by atoms with Gasteiger partial charge in [-0.1, -0.05) is 30.3 Å². The summed E-state index contributed by atoms with van der Waals surface area (Å²) in [7, 11) is 1.33. The Morgan fingerprint density at radius 1 is 1.25 bits per heavy atom. The molecule has 0 saturated heterocycles. The van der Waals surface area contributed by atoms with Crippen molar-refractivity contribution in [2.24, 2.45) is 0 Å². The molecule has 1 aliphatic rings. The highest BCUT2D eigenvalue weighted by molar-refractivity contribution is 5.88. The van der Waals surface area contributed by atoms with Gasteiger partial charge in [-0.15, -0.1) is 0 Å². The molecular weight excluding hydrogens is 356 g/mol. The number of para-hydroxylation sites is 1. The second-order valence-corrected chi connectivity index (χ2v) is 6.92. The molecule has 0 bridgehead atoms. The zero-order valence-corrected chi connectivity index (χ0v) is 15.7. The van der Waals surface area contributed by atoms with Crippen molar-refractivity contribution in [3.63, 3.8) is 0 Å². The number of benzene rings is 2. The Hall–Kier alpha value is -3.28. The van der Waals surface area contributed by atoms with Crippen LogP contribution in [0, 0.1) is 0 Å². The Labute approximate surface area is 162 Å². The molecule has 6 heteroatoms. The first-order valence-electron chi connectivity index (χ1n) is 9.31. The number of hydrogen-bond donors (Lipinski definition) is 2. The number of fused-ring (bicyclic) bond motifs is 2. The molecule has 1 atom stereocenters. The van der Waals surface area contributed by atoms with Gasteiger partial charge in [0.2, 0.25) is 5.91 Å². The third-order valence-corrected chi connectivity index (χ3v) is 5.04. The maximum atomic E-state index is 12.6. The minimum atomic E-state index is -0.741. The summed E-state index contributed by atoms with van der Waals surface area (Å²) in [5, 5.41) is 3.86. The van der Waals surface area contributed by atoms with E-state index in [2.05, 4.69) is 10.3 Å². The fourth-order valence-electron chi connectivity index (χ4n) is 3.64. The van der Waals surface area contributed by atoms with Crippen molar-refractivity contribution < 1.29 is 19.1 Å². The van der Waals surface area contributed by atoms with Crippen molar-refractivity contribution in [3.8, 4) is 5.75 Å². The van der Waals surface area contributed by atoms with Crippen LogP contribution < -0.4 is 10.1 Å². The molecule has 6 nitrogen and oxygen atoms in total. The van der Waals surface area contributed by atoms with E-state index in [0.29, 0.717) is 13.0 Å². The standard InChI is InChI=1S/C22H22N2O4/c1-27-22(26)19(12-16-13-23-18-5-3-2-4-17(16)18)24-21(25)11-14-6-7-20-15(10-14)8-9-28-20/h2-7,10,13,19,23H,8-9,11-12H2,1H3,(H,24,25). The van der Waals surface area contributed by atoms with Gasteiger partial charge in [-0.05, 0) is 28.8 Å². The number of H-pyrrole nitrogens is 1. The van der Waals surface area contributed by atoms with Crippen molar-refractivity contribution in [1.82, 2.24) is 10.3 Å². The second-order valence-electron chi connectivity index (χ2n) is 6.92. The molecule has 3 aromatic rings. The van der Waals surface area contributed by atoms with E-state index in [4.69, 9.17) is 9.47 Å². The first-order chi connectivity index (χ1) is 13.6. The van der Waals surface area contributed by atoms with Gasteiger partial charge in [-0.25, -0.2) is 4.79 Å². The van der Waals surface area contributed by atoms with E-state index in [9.17, 15) is 9.59 Å². The van der Waals surface area contributed by atoms with Gasteiger partial charge >= 0.3 is 5.97 Å². The zero-order chi connectivity index (χ0) is 19.5. The molecule has 2 N–H and O–H groups in total. The summed E-state index contributed by atoms with van der Waals surface area (Å²) in [6.45, 7) is 0.681.